The molecule has 8 heteroatoms. The Morgan fingerprint density at radius 3 is 2.62 bits per heavy atom. The monoisotopic (exact) mass is 308 g/mol. The van der Waals surface area contributed by atoms with E-state index in [2.05, 4.69) is 10.1 Å². The third-order valence-electron chi connectivity index (χ3n) is 3.34. The van der Waals surface area contributed by atoms with Crippen molar-refractivity contribution in [2.75, 3.05) is 7.05 Å². The first kappa shape index (κ1) is 15.2. The molecule has 0 spiro atoms. The molecular formula is C13H16N4O3S. The van der Waals surface area contributed by atoms with Crippen molar-refractivity contribution in [2.45, 2.75) is 19.4 Å². The Bertz CT molecular complexity index is 689. The van der Waals surface area contributed by atoms with Gasteiger partial charge < -0.3 is 10.0 Å². The van der Waals surface area contributed by atoms with Gasteiger partial charge in [0.25, 0.3) is 5.91 Å². The van der Waals surface area contributed by atoms with Crippen LogP contribution in [0.4, 0.5) is 0 Å². The number of hydrogen-bond acceptors (Lipinski definition) is 5. The van der Waals surface area contributed by atoms with Crippen molar-refractivity contribution < 1.29 is 14.7 Å². The van der Waals surface area contributed by atoms with E-state index in [1.165, 1.54) is 37.1 Å². The van der Waals surface area contributed by atoms with E-state index in [0.29, 0.717) is 5.01 Å². The van der Waals surface area contributed by atoms with Gasteiger partial charge in [-0.1, -0.05) is 0 Å². The van der Waals surface area contributed by atoms with Crippen molar-refractivity contribution in [2.24, 2.45) is 7.05 Å². The van der Waals surface area contributed by atoms with Crippen LogP contribution < -0.4 is 0 Å². The number of nitrogens with zero attached hydrogens (tertiary/aromatic N) is 4. The van der Waals surface area contributed by atoms with Crippen LogP contribution >= 0.6 is 11.3 Å². The van der Waals surface area contributed by atoms with Crippen LogP contribution in [0.2, 0.25) is 0 Å². The first-order chi connectivity index (χ1) is 9.73. The van der Waals surface area contributed by atoms with E-state index in [-0.39, 0.29) is 5.69 Å². The molecule has 0 unspecified atom stereocenters. The number of hydrogen-bond donors (Lipinski definition) is 1. The topological polar surface area (TPSA) is 88.3 Å². The first-order valence-electron chi connectivity index (χ1n) is 6.19. The second kappa shape index (κ2) is 5.28. The lowest BCUT2D eigenvalue weighted by atomic mass is 10.0. The minimum absolute atomic E-state index is 0.232. The van der Waals surface area contributed by atoms with Gasteiger partial charge in [-0.3, -0.25) is 9.48 Å². The molecule has 0 saturated carbocycles. The van der Waals surface area contributed by atoms with Gasteiger partial charge in [-0.05, 0) is 13.8 Å². The summed E-state index contributed by atoms with van der Waals surface area (Å²) in [7, 11) is 3.26. The molecule has 1 N–H and O–H groups in total. The zero-order chi connectivity index (χ0) is 15.8. The van der Waals surface area contributed by atoms with Crippen LogP contribution in [0, 0.1) is 0 Å². The molecule has 0 radical (unpaired) electrons. The molecule has 2 heterocycles. The normalized spacial score (nSPS) is 11.4. The first-order valence-corrected chi connectivity index (χ1v) is 7.07. The van der Waals surface area contributed by atoms with Crippen LogP contribution in [0.3, 0.4) is 0 Å². The van der Waals surface area contributed by atoms with Gasteiger partial charge in [0.1, 0.15) is 16.2 Å². The Labute approximate surface area is 125 Å². The van der Waals surface area contributed by atoms with Gasteiger partial charge in [-0.25, -0.2) is 9.78 Å². The lowest BCUT2D eigenvalue weighted by Gasteiger charge is -2.30. The fraction of sp³-hybridized carbons (Fsp3) is 0.385. The zero-order valence-electron chi connectivity index (χ0n) is 12.2. The molecule has 0 aliphatic carbocycles. The van der Waals surface area contributed by atoms with Gasteiger partial charge in [0, 0.05) is 31.2 Å². The highest BCUT2D eigenvalue weighted by Gasteiger charge is 2.36. The van der Waals surface area contributed by atoms with Crippen LogP contribution in [-0.4, -0.2) is 49.2 Å². The van der Waals surface area contributed by atoms with E-state index in [0.717, 1.165) is 5.56 Å². The highest BCUT2D eigenvalue weighted by Crippen LogP contribution is 2.24. The van der Waals surface area contributed by atoms with Gasteiger partial charge in [-0.2, -0.15) is 5.10 Å². The summed E-state index contributed by atoms with van der Waals surface area (Å²) in [5.74, 6) is -1.49. The summed E-state index contributed by atoms with van der Waals surface area (Å²) in [5, 5.41) is 15.5. The average Bonchev–Trinajstić information content (AvgIpc) is 3.05. The Balaban J connectivity index is 2.25. The Morgan fingerprint density at radius 2 is 2.10 bits per heavy atom. The number of carboxylic acid groups (broad SMARTS) is 1. The predicted molar refractivity (Wildman–Crippen MR) is 78.1 cm³/mol. The van der Waals surface area contributed by atoms with Crippen molar-refractivity contribution in [1.29, 1.82) is 0 Å². The highest BCUT2D eigenvalue weighted by molar-refractivity contribution is 7.13. The lowest BCUT2D eigenvalue weighted by molar-refractivity contribution is -0.147. The van der Waals surface area contributed by atoms with Gasteiger partial charge in [0.2, 0.25) is 0 Å². The third kappa shape index (κ3) is 2.80. The summed E-state index contributed by atoms with van der Waals surface area (Å²) in [6, 6.07) is 0. The van der Waals surface area contributed by atoms with E-state index >= 15 is 0 Å². The van der Waals surface area contributed by atoms with Crippen LogP contribution in [0.1, 0.15) is 24.3 Å². The van der Waals surface area contributed by atoms with Crippen LogP contribution in [-0.2, 0) is 11.8 Å². The van der Waals surface area contributed by atoms with Gasteiger partial charge >= 0.3 is 5.97 Å². The van der Waals surface area contributed by atoms with Crippen molar-refractivity contribution in [3.8, 4) is 10.6 Å². The average molecular weight is 308 g/mol. The smallest absolute Gasteiger partial charge is 0.329 e. The highest BCUT2D eigenvalue weighted by atomic mass is 32.1. The number of carbonyl (C=O) groups is 2. The molecule has 0 bridgehead atoms. The molecule has 2 rings (SSSR count). The van der Waals surface area contributed by atoms with E-state index < -0.39 is 17.4 Å². The van der Waals surface area contributed by atoms with Gasteiger partial charge in [0.15, 0.2) is 0 Å². The second-order valence-corrected chi connectivity index (χ2v) is 6.03. The fourth-order valence-electron chi connectivity index (χ4n) is 1.61. The maximum atomic E-state index is 12.3. The summed E-state index contributed by atoms with van der Waals surface area (Å²) in [4.78, 5) is 29.0. The number of carboxylic acids is 1. The number of rotatable bonds is 4. The Hall–Kier alpha value is -2.22. The maximum Gasteiger partial charge on any atom is 0.329 e. The van der Waals surface area contributed by atoms with Crippen molar-refractivity contribution in [3.63, 3.8) is 0 Å². The number of aromatic nitrogens is 3. The summed E-state index contributed by atoms with van der Waals surface area (Å²) in [6.45, 7) is 2.95. The number of aryl methyl sites for hydroxylation is 1. The molecular weight excluding hydrogens is 292 g/mol. The second-order valence-electron chi connectivity index (χ2n) is 5.17. The maximum absolute atomic E-state index is 12.3. The molecule has 0 fully saturated rings. The molecule has 0 atom stereocenters. The van der Waals surface area contributed by atoms with E-state index in [9.17, 15) is 14.7 Å². The van der Waals surface area contributed by atoms with Crippen molar-refractivity contribution in [3.05, 3.63) is 23.5 Å². The largest absolute Gasteiger partial charge is 0.480 e. The molecule has 1 amide bonds. The van der Waals surface area contributed by atoms with Crippen LogP contribution in [0.15, 0.2) is 17.8 Å². The quantitative estimate of drug-likeness (QED) is 0.924. The summed E-state index contributed by atoms with van der Waals surface area (Å²) in [6.07, 6.45) is 3.47. The summed E-state index contributed by atoms with van der Waals surface area (Å²) >= 11 is 1.32. The minimum Gasteiger partial charge on any atom is -0.480 e. The van der Waals surface area contributed by atoms with Crippen LogP contribution in [0.25, 0.3) is 10.6 Å². The van der Waals surface area contributed by atoms with Gasteiger partial charge in [-0.15, -0.1) is 11.3 Å². The fourth-order valence-corrected chi connectivity index (χ4v) is 2.37. The van der Waals surface area contributed by atoms with E-state index in [4.69, 9.17) is 0 Å². The third-order valence-corrected chi connectivity index (χ3v) is 4.23. The summed E-state index contributed by atoms with van der Waals surface area (Å²) < 4.78 is 1.65. The Morgan fingerprint density at radius 1 is 1.43 bits per heavy atom. The zero-order valence-corrected chi connectivity index (χ0v) is 13.0. The molecule has 0 saturated heterocycles. The predicted octanol–water partition coefficient (Wildman–Crippen LogP) is 1.48. The number of carbonyl (C=O) groups excluding carboxylic acids is 1. The van der Waals surface area contributed by atoms with Crippen molar-refractivity contribution >= 4 is 23.2 Å². The standard InChI is InChI=1S/C13H16N4O3S/c1-13(2,12(19)20)17(4)11(18)9-7-21-10(15-9)8-5-14-16(3)6-8/h5-7H,1-4H3,(H,19,20). The molecule has 0 aromatic carbocycles. The van der Waals surface area contributed by atoms with E-state index in [1.807, 2.05) is 0 Å². The minimum atomic E-state index is -1.30. The summed E-state index contributed by atoms with van der Waals surface area (Å²) in [5.41, 5.74) is -0.243. The molecule has 0 aliphatic heterocycles. The number of aliphatic carboxylic acids is 1. The molecule has 7 nitrogen and oxygen atoms in total. The van der Waals surface area contributed by atoms with Crippen molar-refractivity contribution in [1.82, 2.24) is 19.7 Å². The SMILES string of the molecule is CN(C(=O)c1csc(-c2cnn(C)c2)n1)C(C)(C)C(=O)O. The number of thiazole rings is 1. The lowest BCUT2D eigenvalue weighted by Crippen LogP contribution is -2.50. The molecule has 0 aliphatic rings. The molecule has 2 aromatic heterocycles. The van der Waals surface area contributed by atoms with E-state index in [1.54, 1.807) is 29.5 Å². The molecule has 2 aromatic rings. The Kier molecular flexibility index (Phi) is 3.82. The number of amides is 1. The number of likely N-dealkylation sites (N-methyl/N-ethyl adjacent to an activating group) is 1. The molecule has 21 heavy (non-hydrogen) atoms. The molecule has 112 valence electrons. The van der Waals surface area contributed by atoms with Crippen LogP contribution in [0.5, 0.6) is 0 Å². The van der Waals surface area contributed by atoms with Gasteiger partial charge in [0.05, 0.1) is 6.20 Å².